The summed E-state index contributed by atoms with van der Waals surface area (Å²) in [6.07, 6.45) is 7.05. The molecule has 0 bridgehead atoms. The summed E-state index contributed by atoms with van der Waals surface area (Å²) in [6.45, 7) is 6.99. The Labute approximate surface area is 176 Å². The Bertz CT molecular complexity index is 774. The van der Waals surface area contributed by atoms with E-state index in [1.54, 1.807) is 0 Å². The van der Waals surface area contributed by atoms with E-state index in [4.69, 9.17) is 4.52 Å². The fraction of sp³-hybridized carbons (Fsp3) is 0.591. The Morgan fingerprint density at radius 1 is 1.18 bits per heavy atom. The molecule has 0 unspecified atom stereocenters. The van der Waals surface area contributed by atoms with Gasteiger partial charge in [0, 0.05) is 35.5 Å². The molecule has 2 aromatic rings. The quantitative estimate of drug-likeness (QED) is 0.574. The lowest BCUT2D eigenvalue weighted by molar-refractivity contribution is -0.136. The van der Waals surface area contributed by atoms with Gasteiger partial charge in [-0.2, -0.15) is 4.98 Å². The van der Waals surface area contributed by atoms with Gasteiger partial charge >= 0.3 is 0 Å². The van der Waals surface area contributed by atoms with Gasteiger partial charge in [0.2, 0.25) is 17.6 Å². The van der Waals surface area contributed by atoms with E-state index in [1.165, 1.54) is 19.3 Å². The first-order chi connectivity index (χ1) is 13.3. The topological polar surface area (TPSA) is 59.2 Å². The van der Waals surface area contributed by atoms with Crippen molar-refractivity contribution in [1.29, 1.82) is 0 Å². The molecular formula is C22H30BrN3O2. The van der Waals surface area contributed by atoms with Gasteiger partial charge in [0.15, 0.2) is 0 Å². The van der Waals surface area contributed by atoms with E-state index in [-0.39, 0.29) is 11.3 Å². The maximum atomic E-state index is 13.0. The Kier molecular flexibility index (Phi) is 6.91. The molecule has 1 aliphatic carbocycles. The predicted octanol–water partition coefficient (Wildman–Crippen LogP) is 5.64. The molecule has 28 heavy (non-hydrogen) atoms. The first-order valence-corrected chi connectivity index (χ1v) is 11.0. The molecule has 1 amide bonds. The average molecular weight is 448 g/mol. The van der Waals surface area contributed by atoms with Crippen LogP contribution >= 0.6 is 15.9 Å². The highest BCUT2D eigenvalue weighted by molar-refractivity contribution is 9.10. The molecule has 152 valence electrons. The summed E-state index contributed by atoms with van der Waals surface area (Å²) in [5, 5.41) is 4.11. The lowest BCUT2D eigenvalue weighted by Gasteiger charge is -2.35. The fourth-order valence-electron chi connectivity index (χ4n) is 3.75. The van der Waals surface area contributed by atoms with Crippen molar-refractivity contribution in [2.75, 3.05) is 6.54 Å². The van der Waals surface area contributed by atoms with Gasteiger partial charge in [-0.25, -0.2) is 0 Å². The summed E-state index contributed by atoms with van der Waals surface area (Å²) >= 11 is 3.43. The van der Waals surface area contributed by atoms with Crippen molar-refractivity contribution < 1.29 is 9.32 Å². The van der Waals surface area contributed by atoms with Gasteiger partial charge in [-0.15, -0.1) is 0 Å². The third kappa shape index (κ3) is 5.90. The number of halogens is 1. The van der Waals surface area contributed by atoms with E-state index in [0.29, 0.717) is 37.1 Å². The summed E-state index contributed by atoms with van der Waals surface area (Å²) < 4.78 is 6.47. The smallest absolute Gasteiger partial charge is 0.228 e. The molecule has 0 N–H and O–H groups in total. The molecule has 1 aliphatic rings. The molecule has 6 heteroatoms. The minimum atomic E-state index is -0.0107. The van der Waals surface area contributed by atoms with E-state index in [9.17, 15) is 4.79 Å². The second kappa shape index (κ2) is 9.21. The minimum Gasteiger partial charge on any atom is -0.339 e. The number of carbonyl (C=O) groups excluding carboxylic acids is 1. The number of carbonyl (C=O) groups is 1. The summed E-state index contributed by atoms with van der Waals surface area (Å²) in [4.78, 5) is 19.6. The standard InChI is InChI=1S/C22H30BrN3O2/c1-22(2,3)15-20(27)26(18-7-5-4-6-8-18)14-13-19-24-21(25-28-19)16-9-11-17(23)12-10-16/h9-12,18H,4-8,13-15H2,1-3H3. The Balaban J connectivity index is 1.67. The molecule has 1 aromatic heterocycles. The molecule has 1 aromatic carbocycles. The third-order valence-electron chi connectivity index (χ3n) is 5.15. The van der Waals surface area contributed by atoms with E-state index in [2.05, 4.69) is 51.7 Å². The van der Waals surface area contributed by atoms with Gasteiger partial charge in [-0.05, 0) is 42.5 Å². The molecule has 1 heterocycles. The molecule has 0 atom stereocenters. The van der Waals surface area contributed by atoms with Crippen LogP contribution < -0.4 is 0 Å². The Morgan fingerprint density at radius 3 is 2.50 bits per heavy atom. The van der Waals surface area contributed by atoms with Gasteiger partial charge in [0.25, 0.3) is 0 Å². The number of nitrogens with zero attached hydrogens (tertiary/aromatic N) is 3. The van der Waals surface area contributed by atoms with Gasteiger partial charge in [0.05, 0.1) is 0 Å². The van der Waals surface area contributed by atoms with E-state index in [0.717, 1.165) is 22.9 Å². The second-order valence-corrected chi connectivity index (χ2v) is 9.80. The van der Waals surface area contributed by atoms with Gasteiger partial charge in [0.1, 0.15) is 0 Å². The number of rotatable bonds is 6. The first kappa shape index (κ1) is 21.0. The summed E-state index contributed by atoms with van der Waals surface area (Å²) in [7, 11) is 0. The van der Waals surface area contributed by atoms with Crippen LogP contribution in [0.4, 0.5) is 0 Å². The van der Waals surface area contributed by atoms with Crippen molar-refractivity contribution in [2.24, 2.45) is 5.41 Å². The van der Waals surface area contributed by atoms with Crippen LogP contribution in [0, 0.1) is 5.41 Å². The highest BCUT2D eigenvalue weighted by Crippen LogP contribution is 2.27. The zero-order valence-corrected chi connectivity index (χ0v) is 18.7. The Hall–Kier alpha value is -1.69. The van der Waals surface area contributed by atoms with Gasteiger partial charge < -0.3 is 9.42 Å². The number of amides is 1. The van der Waals surface area contributed by atoms with Crippen molar-refractivity contribution in [3.8, 4) is 11.4 Å². The average Bonchev–Trinajstić information content (AvgIpc) is 3.11. The van der Waals surface area contributed by atoms with Crippen LogP contribution in [-0.2, 0) is 11.2 Å². The van der Waals surface area contributed by atoms with Crippen molar-refractivity contribution >= 4 is 21.8 Å². The molecular weight excluding hydrogens is 418 g/mol. The van der Waals surface area contributed by atoms with Crippen LogP contribution in [0.5, 0.6) is 0 Å². The molecule has 1 fully saturated rings. The van der Waals surface area contributed by atoms with Crippen LogP contribution in [0.25, 0.3) is 11.4 Å². The number of benzene rings is 1. The molecule has 1 saturated carbocycles. The van der Waals surface area contributed by atoms with Crippen molar-refractivity contribution in [2.45, 2.75) is 71.8 Å². The maximum Gasteiger partial charge on any atom is 0.228 e. The van der Waals surface area contributed by atoms with Crippen molar-refractivity contribution in [1.82, 2.24) is 15.0 Å². The highest BCUT2D eigenvalue weighted by atomic mass is 79.9. The second-order valence-electron chi connectivity index (χ2n) is 8.89. The van der Waals surface area contributed by atoms with Crippen LogP contribution in [0.3, 0.4) is 0 Å². The molecule has 0 spiro atoms. The normalized spacial score (nSPS) is 15.6. The Morgan fingerprint density at radius 2 is 1.86 bits per heavy atom. The SMILES string of the molecule is CC(C)(C)CC(=O)N(CCc1nc(-c2ccc(Br)cc2)no1)C1CCCCC1. The zero-order valence-electron chi connectivity index (χ0n) is 17.1. The van der Waals surface area contributed by atoms with E-state index < -0.39 is 0 Å². The van der Waals surface area contributed by atoms with Gasteiger partial charge in [-0.1, -0.05) is 61.1 Å². The highest BCUT2D eigenvalue weighted by Gasteiger charge is 2.28. The fourth-order valence-corrected chi connectivity index (χ4v) is 4.01. The van der Waals surface area contributed by atoms with Crippen molar-refractivity contribution in [3.05, 3.63) is 34.6 Å². The lowest BCUT2D eigenvalue weighted by Crippen LogP contribution is -2.43. The molecule has 3 rings (SSSR count). The number of aromatic nitrogens is 2. The maximum absolute atomic E-state index is 13.0. The largest absolute Gasteiger partial charge is 0.339 e. The third-order valence-corrected chi connectivity index (χ3v) is 5.68. The van der Waals surface area contributed by atoms with Crippen LogP contribution in [0.1, 0.15) is 65.2 Å². The van der Waals surface area contributed by atoms with Crippen LogP contribution in [-0.4, -0.2) is 33.5 Å². The molecule has 5 nitrogen and oxygen atoms in total. The van der Waals surface area contributed by atoms with E-state index in [1.807, 2.05) is 24.3 Å². The van der Waals surface area contributed by atoms with Crippen LogP contribution in [0.15, 0.2) is 33.3 Å². The zero-order chi connectivity index (χ0) is 20.1. The lowest BCUT2D eigenvalue weighted by atomic mass is 9.89. The monoisotopic (exact) mass is 447 g/mol. The summed E-state index contributed by atoms with van der Waals surface area (Å²) in [6, 6.07) is 8.18. The predicted molar refractivity (Wildman–Crippen MR) is 114 cm³/mol. The number of hydrogen-bond donors (Lipinski definition) is 0. The number of hydrogen-bond acceptors (Lipinski definition) is 4. The first-order valence-electron chi connectivity index (χ1n) is 10.2. The van der Waals surface area contributed by atoms with E-state index >= 15 is 0 Å². The summed E-state index contributed by atoms with van der Waals surface area (Å²) in [5.74, 6) is 1.42. The minimum absolute atomic E-state index is 0.0107. The van der Waals surface area contributed by atoms with Crippen molar-refractivity contribution in [3.63, 3.8) is 0 Å². The molecule has 0 saturated heterocycles. The molecule has 0 radical (unpaired) electrons. The molecule has 0 aliphatic heterocycles. The van der Waals surface area contributed by atoms with Gasteiger partial charge in [-0.3, -0.25) is 4.79 Å². The van der Waals surface area contributed by atoms with Crippen LogP contribution in [0.2, 0.25) is 0 Å². The summed E-state index contributed by atoms with van der Waals surface area (Å²) in [5.41, 5.74) is 0.912.